The number of hydrogen-bond acceptors (Lipinski definition) is 5. The predicted molar refractivity (Wildman–Crippen MR) is 68.8 cm³/mol. The Morgan fingerprint density at radius 1 is 1.35 bits per heavy atom. The Labute approximate surface area is 108 Å². The van der Waals surface area contributed by atoms with Gasteiger partial charge >= 0.3 is 108 Å². The zero-order chi connectivity index (χ0) is 12.8. The van der Waals surface area contributed by atoms with Crippen LogP contribution in [0.1, 0.15) is 27.2 Å². The summed E-state index contributed by atoms with van der Waals surface area (Å²) in [5, 5.41) is 4.11. The second-order valence-corrected chi connectivity index (χ2v) is 6.64. The van der Waals surface area contributed by atoms with Crippen molar-refractivity contribution in [3.8, 4) is 0 Å². The van der Waals surface area contributed by atoms with E-state index in [0.717, 1.165) is 13.0 Å². The van der Waals surface area contributed by atoms with E-state index in [1.807, 2.05) is 6.92 Å². The van der Waals surface area contributed by atoms with Gasteiger partial charge in [-0.3, -0.25) is 0 Å². The number of carbonyl (C=O) groups is 2. The fourth-order valence-corrected chi connectivity index (χ4v) is 3.70. The molecule has 0 saturated carbocycles. The molecule has 1 heterocycles. The Morgan fingerprint density at radius 3 is 2.41 bits per heavy atom. The van der Waals surface area contributed by atoms with Crippen molar-refractivity contribution >= 4 is 32.6 Å². The molecule has 0 aliphatic heterocycles. The molecule has 0 aromatic carbocycles. The van der Waals surface area contributed by atoms with Crippen LogP contribution in [0.25, 0.3) is 0 Å². The van der Waals surface area contributed by atoms with Crippen LogP contribution in [-0.4, -0.2) is 21.7 Å². The molecule has 1 aromatic heterocycles. The first-order valence-corrected chi connectivity index (χ1v) is 7.97. The van der Waals surface area contributed by atoms with E-state index >= 15 is 0 Å². The van der Waals surface area contributed by atoms with Crippen LogP contribution in [0.5, 0.6) is 0 Å². The molecule has 0 radical (unpaired) electrons. The van der Waals surface area contributed by atoms with E-state index < -0.39 is 32.6 Å². The summed E-state index contributed by atoms with van der Waals surface area (Å²) >= 11 is -2.68. The molecule has 0 fully saturated rings. The van der Waals surface area contributed by atoms with Crippen LogP contribution in [0.2, 0.25) is 0 Å². The number of aromatic nitrogens is 2. The van der Waals surface area contributed by atoms with Gasteiger partial charge in [-0.15, -0.1) is 0 Å². The average Bonchev–Trinajstić information content (AvgIpc) is 2.64. The third kappa shape index (κ3) is 4.72. The molecule has 0 aliphatic rings. The van der Waals surface area contributed by atoms with E-state index in [0.29, 0.717) is 3.57 Å². The SMILES string of the molecule is CCCn1cc(I(OC(C)=O)OC(C)=O)cn1. The normalized spacial score (nSPS) is 10.9. The number of halogens is 1. The second kappa shape index (κ2) is 6.58. The molecule has 0 N–H and O–H groups in total. The van der Waals surface area contributed by atoms with Gasteiger partial charge in [-0.2, -0.15) is 0 Å². The van der Waals surface area contributed by atoms with Crippen LogP contribution in [0.3, 0.4) is 0 Å². The molecule has 0 spiro atoms. The summed E-state index contributed by atoms with van der Waals surface area (Å²) in [7, 11) is 0. The Bertz CT molecular complexity index is 389. The fourth-order valence-electron chi connectivity index (χ4n) is 1.07. The van der Waals surface area contributed by atoms with Crippen molar-refractivity contribution in [1.29, 1.82) is 0 Å². The van der Waals surface area contributed by atoms with Crippen LogP contribution >= 0.6 is 20.6 Å². The van der Waals surface area contributed by atoms with E-state index in [1.54, 1.807) is 17.1 Å². The zero-order valence-corrected chi connectivity index (χ0v) is 12.1. The first-order valence-electron chi connectivity index (χ1n) is 5.13. The van der Waals surface area contributed by atoms with Crippen LogP contribution in [0, 0.1) is 3.57 Å². The molecule has 0 bridgehead atoms. The van der Waals surface area contributed by atoms with E-state index in [9.17, 15) is 9.59 Å². The second-order valence-electron chi connectivity index (χ2n) is 3.28. The van der Waals surface area contributed by atoms with E-state index in [2.05, 4.69) is 5.10 Å². The number of aryl methyl sites for hydroxylation is 1. The van der Waals surface area contributed by atoms with Gasteiger partial charge in [-0.05, 0) is 0 Å². The van der Waals surface area contributed by atoms with Gasteiger partial charge < -0.3 is 0 Å². The van der Waals surface area contributed by atoms with E-state index in [1.165, 1.54) is 13.8 Å². The average molecular weight is 354 g/mol. The first-order chi connectivity index (χ1) is 8.02. The predicted octanol–water partition coefficient (Wildman–Crippen LogP) is 1.93. The third-order valence-corrected chi connectivity index (χ3v) is 5.20. The van der Waals surface area contributed by atoms with Gasteiger partial charge in [0.25, 0.3) is 0 Å². The van der Waals surface area contributed by atoms with Crippen molar-refractivity contribution in [2.75, 3.05) is 0 Å². The van der Waals surface area contributed by atoms with Crippen molar-refractivity contribution in [2.45, 2.75) is 33.7 Å². The van der Waals surface area contributed by atoms with Crippen molar-refractivity contribution in [3.05, 3.63) is 16.0 Å². The molecule has 96 valence electrons. The van der Waals surface area contributed by atoms with Crippen LogP contribution in [0.15, 0.2) is 12.4 Å². The Balaban J connectivity index is 2.79. The molecule has 1 rings (SSSR count). The van der Waals surface area contributed by atoms with Crippen molar-refractivity contribution < 1.29 is 15.7 Å². The van der Waals surface area contributed by atoms with Crippen LogP contribution in [-0.2, 0) is 22.3 Å². The molecule has 17 heavy (non-hydrogen) atoms. The summed E-state index contributed by atoms with van der Waals surface area (Å²) < 4.78 is 12.6. The number of hydrogen-bond donors (Lipinski definition) is 0. The molecular weight excluding hydrogens is 339 g/mol. The molecule has 0 aliphatic carbocycles. The van der Waals surface area contributed by atoms with Gasteiger partial charge in [0.2, 0.25) is 0 Å². The van der Waals surface area contributed by atoms with Gasteiger partial charge in [0.1, 0.15) is 0 Å². The molecule has 0 amide bonds. The summed E-state index contributed by atoms with van der Waals surface area (Å²) in [6, 6.07) is 0. The molecule has 0 unspecified atom stereocenters. The summed E-state index contributed by atoms with van der Waals surface area (Å²) in [5.74, 6) is -0.889. The van der Waals surface area contributed by atoms with Crippen molar-refractivity contribution in [3.63, 3.8) is 0 Å². The Hall–Kier alpha value is -1.12. The quantitative estimate of drug-likeness (QED) is 0.756. The van der Waals surface area contributed by atoms with Gasteiger partial charge in [-0.1, -0.05) is 0 Å². The van der Waals surface area contributed by atoms with Crippen molar-refractivity contribution in [1.82, 2.24) is 9.78 Å². The minimum absolute atomic E-state index is 0.445. The van der Waals surface area contributed by atoms with Crippen molar-refractivity contribution in [2.24, 2.45) is 0 Å². The van der Waals surface area contributed by atoms with Gasteiger partial charge in [-0.25, -0.2) is 0 Å². The Morgan fingerprint density at radius 2 is 1.94 bits per heavy atom. The molecular formula is C10H15IN2O4. The van der Waals surface area contributed by atoms with Gasteiger partial charge in [0.15, 0.2) is 0 Å². The molecule has 0 saturated heterocycles. The molecule has 6 nitrogen and oxygen atoms in total. The summed E-state index contributed by atoms with van der Waals surface area (Å²) in [4.78, 5) is 21.9. The maximum absolute atomic E-state index is 10.9. The standard InChI is InChI=1S/C10H15IN2O4/c1-4-5-13-7-10(6-12-13)11(16-8(2)14)17-9(3)15/h6-7H,4-5H2,1-3H3. The number of rotatable bonds is 5. The van der Waals surface area contributed by atoms with Crippen LogP contribution < -0.4 is 0 Å². The molecule has 0 atom stereocenters. The van der Waals surface area contributed by atoms with E-state index in [-0.39, 0.29) is 0 Å². The summed E-state index contributed by atoms with van der Waals surface area (Å²) in [5.41, 5.74) is 0. The maximum atomic E-state index is 10.9. The van der Waals surface area contributed by atoms with Gasteiger partial charge in [0, 0.05) is 0 Å². The van der Waals surface area contributed by atoms with E-state index in [4.69, 9.17) is 6.13 Å². The number of carbonyl (C=O) groups excluding carboxylic acids is 2. The third-order valence-electron chi connectivity index (χ3n) is 1.59. The summed E-state index contributed by atoms with van der Waals surface area (Å²) in [6.45, 7) is 5.41. The fraction of sp³-hybridized carbons (Fsp3) is 0.500. The molecule has 1 aromatic rings. The summed E-state index contributed by atoms with van der Waals surface area (Å²) in [6.07, 6.45) is 4.31. The minimum atomic E-state index is -2.68. The zero-order valence-electron chi connectivity index (χ0n) is 9.97. The Kier molecular flexibility index (Phi) is 5.39. The molecule has 7 heteroatoms. The first kappa shape index (κ1) is 13.9. The topological polar surface area (TPSA) is 70.4 Å². The monoisotopic (exact) mass is 354 g/mol. The van der Waals surface area contributed by atoms with Gasteiger partial charge in [0.05, 0.1) is 0 Å². The van der Waals surface area contributed by atoms with Crippen LogP contribution in [0.4, 0.5) is 0 Å². The number of nitrogens with zero attached hydrogens (tertiary/aromatic N) is 2.